The Morgan fingerprint density at radius 2 is 1.82 bits per heavy atom. The number of pyridine rings is 1. The van der Waals surface area contributed by atoms with Crippen LogP contribution in [0.15, 0.2) is 54.7 Å². The smallest absolute Gasteiger partial charge is 0.208 e. The number of Topliss-reactive ketones (excluding diaryl/α,β-unsaturated/α-hetero) is 1. The monoisotopic (exact) mass is 515 g/mol. The molecule has 2 aromatic carbocycles. The van der Waals surface area contributed by atoms with Crippen molar-refractivity contribution in [2.75, 3.05) is 25.0 Å². The van der Waals surface area contributed by atoms with E-state index in [9.17, 15) is 9.18 Å². The molecule has 0 amide bonds. The number of hydrogen-bond donors (Lipinski definition) is 1. The molecule has 1 saturated heterocycles. The molecule has 5 rings (SSSR count). The Kier molecular flexibility index (Phi) is 7.17. The fourth-order valence-electron chi connectivity index (χ4n) is 4.76. The molecular weight excluding hydrogens is 481 g/mol. The molecule has 8 heteroatoms. The van der Waals surface area contributed by atoms with Gasteiger partial charge in [0.2, 0.25) is 5.95 Å². The molecule has 1 fully saturated rings. The summed E-state index contributed by atoms with van der Waals surface area (Å²) in [4.78, 5) is 23.7. The fourth-order valence-corrected chi connectivity index (χ4v) is 4.76. The molecule has 38 heavy (non-hydrogen) atoms. The number of carbonyl (C=O) groups is 1. The number of carbonyl (C=O) groups excluding carboxylic acids is 1. The minimum Gasteiger partial charge on any atom is -0.457 e. The molecule has 7 nitrogen and oxygen atoms in total. The van der Waals surface area contributed by atoms with Crippen molar-refractivity contribution < 1.29 is 13.9 Å². The lowest BCUT2D eigenvalue weighted by Crippen LogP contribution is -2.27. The molecule has 0 bridgehead atoms. The zero-order chi connectivity index (χ0) is 26.9. The molecule has 0 atom stereocenters. The Balaban J connectivity index is 1.31. The van der Waals surface area contributed by atoms with E-state index in [4.69, 9.17) is 9.72 Å². The highest BCUT2D eigenvalue weighted by Gasteiger charge is 2.18. The molecule has 0 spiro atoms. The number of fused-ring (bicyclic) bond motifs is 1. The van der Waals surface area contributed by atoms with Crippen molar-refractivity contribution in [2.45, 2.75) is 45.4 Å². The number of nitrogens with zero attached hydrogens (tertiary/aromatic N) is 4. The molecule has 0 saturated carbocycles. The second kappa shape index (κ2) is 10.5. The highest BCUT2D eigenvalue weighted by Crippen LogP contribution is 2.31. The van der Waals surface area contributed by atoms with Crippen LogP contribution >= 0.6 is 0 Å². The van der Waals surface area contributed by atoms with E-state index in [2.05, 4.69) is 36.0 Å². The lowest BCUT2D eigenvalue weighted by Gasteiger charge is -2.20. The summed E-state index contributed by atoms with van der Waals surface area (Å²) in [6.45, 7) is 8.75. The van der Waals surface area contributed by atoms with Crippen LogP contribution in [0.1, 0.15) is 44.9 Å². The van der Waals surface area contributed by atoms with Crippen LogP contribution in [0.2, 0.25) is 0 Å². The molecule has 2 aromatic heterocycles. The van der Waals surface area contributed by atoms with Crippen molar-refractivity contribution in [1.82, 2.24) is 19.4 Å². The normalized spacial score (nSPS) is 14.2. The van der Waals surface area contributed by atoms with Gasteiger partial charge in [-0.2, -0.15) is 0 Å². The molecule has 1 aliphatic heterocycles. The molecule has 198 valence electrons. The number of aryl methyl sites for hydroxylation is 1. The Hall–Kier alpha value is -3.78. The average molecular weight is 516 g/mol. The molecule has 1 aliphatic rings. The van der Waals surface area contributed by atoms with E-state index in [1.54, 1.807) is 12.3 Å². The van der Waals surface area contributed by atoms with Gasteiger partial charge in [0, 0.05) is 25.4 Å². The van der Waals surface area contributed by atoms with Crippen molar-refractivity contribution in [3.63, 3.8) is 0 Å². The highest BCUT2D eigenvalue weighted by molar-refractivity contribution is 5.83. The maximum absolute atomic E-state index is 14.6. The molecule has 0 unspecified atom stereocenters. The van der Waals surface area contributed by atoms with Gasteiger partial charge >= 0.3 is 0 Å². The summed E-state index contributed by atoms with van der Waals surface area (Å²) in [5.74, 6) is 1.59. The number of halogens is 1. The summed E-state index contributed by atoms with van der Waals surface area (Å²) in [6, 6.07) is 14.4. The molecule has 4 aromatic rings. The van der Waals surface area contributed by atoms with Gasteiger partial charge in [0.05, 0.1) is 35.4 Å². The number of benzene rings is 2. The zero-order valence-electron chi connectivity index (χ0n) is 22.4. The van der Waals surface area contributed by atoms with Gasteiger partial charge in [0.1, 0.15) is 17.3 Å². The van der Waals surface area contributed by atoms with Crippen LogP contribution in [0.5, 0.6) is 11.5 Å². The molecule has 0 aliphatic carbocycles. The van der Waals surface area contributed by atoms with Gasteiger partial charge in [0.25, 0.3) is 0 Å². The van der Waals surface area contributed by atoms with Gasteiger partial charge in [0.15, 0.2) is 5.78 Å². The number of ketones is 1. The first-order valence-electron chi connectivity index (χ1n) is 13.1. The third-order valence-electron chi connectivity index (χ3n) is 6.93. The summed E-state index contributed by atoms with van der Waals surface area (Å²) in [7, 11) is 1.89. The number of ether oxygens (including phenoxy) is 1. The predicted molar refractivity (Wildman–Crippen MR) is 148 cm³/mol. The quantitative estimate of drug-likeness (QED) is 0.304. The number of hydrogen-bond acceptors (Lipinski definition) is 6. The molecule has 1 N–H and O–H groups in total. The van der Waals surface area contributed by atoms with Gasteiger partial charge < -0.3 is 14.6 Å². The third-order valence-corrected chi connectivity index (χ3v) is 6.93. The second-order valence-corrected chi connectivity index (χ2v) is 11.0. The van der Waals surface area contributed by atoms with Gasteiger partial charge in [-0.3, -0.25) is 14.7 Å². The third kappa shape index (κ3) is 5.86. The van der Waals surface area contributed by atoms with Crippen molar-refractivity contribution >= 4 is 28.5 Å². The van der Waals surface area contributed by atoms with E-state index in [0.29, 0.717) is 35.4 Å². The topological polar surface area (TPSA) is 72.3 Å². The fraction of sp³-hybridized carbons (Fsp3) is 0.367. The number of aromatic nitrogens is 3. The average Bonchev–Trinajstić information content (AvgIpc) is 3.47. The van der Waals surface area contributed by atoms with E-state index >= 15 is 0 Å². The van der Waals surface area contributed by atoms with Crippen LogP contribution in [-0.2, 0) is 23.7 Å². The number of imidazole rings is 1. The van der Waals surface area contributed by atoms with Crippen molar-refractivity contribution in [2.24, 2.45) is 7.05 Å². The Labute approximate surface area is 222 Å². The highest BCUT2D eigenvalue weighted by atomic mass is 19.1. The summed E-state index contributed by atoms with van der Waals surface area (Å²) in [6.07, 6.45) is 4.27. The first-order valence-corrected chi connectivity index (χ1v) is 13.1. The molecular formula is C30H34FN5O2. The minimum absolute atomic E-state index is 0.100. The summed E-state index contributed by atoms with van der Waals surface area (Å²) in [5.41, 5.74) is 3.61. The van der Waals surface area contributed by atoms with Crippen molar-refractivity contribution in [3.05, 3.63) is 71.8 Å². The van der Waals surface area contributed by atoms with Gasteiger partial charge in [-0.1, -0.05) is 26.8 Å². The van der Waals surface area contributed by atoms with Gasteiger partial charge in [-0.15, -0.1) is 0 Å². The number of nitrogens with one attached hydrogen (secondary N) is 1. The van der Waals surface area contributed by atoms with E-state index in [-0.39, 0.29) is 23.4 Å². The van der Waals surface area contributed by atoms with Gasteiger partial charge in [-0.25, -0.2) is 9.37 Å². The van der Waals surface area contributed by atoms with Crippen LogP contribution in [0.3, 0.4) is 0 Å². The standard InChI is InChI=1S/C30H34FN5O2/c1-30(2,3)20-7-9-25(31)26(15-20)33-29-34-27-18-23(8-10-28(27)35(29)4)38-24-11-12-32-21(17-24)16-22(37)19-36-13-5-6-14-36/h7-12,15,17-18H,5-6,13-14,16,19H2,1-4H3,(H,33,34). The summed E-state index contributed by atoms with van der Waals surface area (Å²) in [5, 5.41) is 3.16. The largest absolute Gasteiger partial charge is 0.457 e. The Bertz CT molecular complexity index is 1470. The minimum atomic E-state index is -0.332. The van der Waals surface area contributed by atoms with Crippen molar-refractivity contribution in [1.29, 1.82) is 0 Å². The van der Waals surface area contributed by atoms with Crippen LogP contribution in [0.4, 0.5) is 16.0 Å². The maximum Gasteiger partial charge on any atom is 0.208 e. The van der Waals surface area contributed by atoms with Crippen LogP contribution in [0.25, 0.3) is 11.0 Å². The molecule has 3 heterocycles. The van der Waals surface area contributed by atoms with E-state index in [0.717, 1.165) is 42.5 Å². The number of likely N-dealkylation sites (tertiary alicyclic amines) is 1. The van der Waals surface area contributed by atoms with E-state index in [1.807, 2.05) is 48.0 Å². The second-order valence-electron chi connectivity index (χ2n) is 11.0. The number of rotatable bonds is 8. The number of anilines is 2. The first-order chi connectivity index (χ1) is 18.2. The van der Waals surface area contributed by atoms with Crippen molar-refractivity contribution in [3.8, 4) is 11.5 Å². The first kappa shape index (κ1) is 25.9. The summed E-state index contributed by atoms with van der Waals surface area (Å²) < 4.78 is 22.6. The SMILES string of the molecule is Cn1c(Nc2cc(C(C)(C)C)ccc2F)nc2cc(Oc3ccnc(CC(=O)CN4CCCC4)c3)ccc21. The zero-order valence-corrected chi connectivity index (χ0v) is 22.4. The predicted octanol–water partition coefficient (Wildman–Crippen LogP) is 6.15. The van der Waals surface area contributed by atoms with Gasteiger partial charge in [-0.05, 0) is 67.2 Å². The Morgan fingerprint density at radius 1 is 1.05 bits per heavy atom. The maximum atomic E-state index is 14.6. The molecule has 0 radical (unpaired) electrons. The lowest BCUT2D eigenvalue weighted by atomic mass is 9.87. The van der Waals surface area contributed by atoms with E-state index in [1.165, 1.54) is 6.07 Å². The van der Waals surface area contributed by atoms with E-state index < -0.39 is 0 Å². The van der Waals surface area contributed by atoms with Crippen LogP contribution in [0, 0.1) is 5.82 Å². The lowest BCUT2D eigenvalue weighted by molar-refractivity contribution is -0.119. The van der Waals surface area contributed by atoms with Crippen LogP contribution < -0.4 is 10.1 Å². The van der Waals surface area contributed by atoms with Crippen LogP contribution in [-0.4, -0.2) is 44.9 Å². The summed E-state index contributed by atoms with van der Waals surface area (Å²) >= 11 is 0. The Morgan fingerprint density at radius 3 is 2.58 bits per heavy atom.